The molecule has 1 aromatic heterocycles. The first kappa shape index (κ1) is 16.5. The lowest BCUT2D eigenvalue weighted by Crippen LogP contribution is -2.61. The second-order valence-corrected chi connectivity index (χ2v) is 9.06. The highest BCUT2D eigenvalue weighted by Gasteiger charge is 2.48. The van der Waals surface area contributed by atoms with Crippen molar-refractivity contribution in [1.29, 1.82) is 0 Å². The van der Waals surface area contributed by atoms with Crippen molar-refractivity contribution in [2.24, 2.45) is 11.8 Å². The summed E-state index contributed by atoms with van der Waals surface area (Å²) in [5.41, 5.74) is 0.0715. The summed E-state index contributed by atoms with van der Waals surface area (Å²) in [5.74, 6) is 0.737. The fourth-order valence-corrected chi connectivity index (χ4v) is 5.85. The second kappa shape index (κ2) is 5.79. The molecule has 5 heteroatoms. The van der Waals surface area contributed by atoms with Crippen LogP contribution in [0.5, 0.6) is 0 Å². The van der Waals surface area contributed by atoms with Crippen LogP contribution in [0.4, 0.5) is 4.39 Å². The summed E-state index contributed by atoms with van der Waals surface area (Å²) >= 11 is 7.09. The van der Waals surface area contributed by atoms with E-state index in [4.69, 9.17) is 11.6 Å². The molecule has 0 aliphatic carbocycles. The summed E-state index contributed by atoms with van der Waals surface area (Å²) < 4.78 is 14.6. The number of piperidine rings is 3. The Hall–Kier alpha value is -0.970. The van der Waals surface area contributed by atoms with E-state index in [1.54, 1.807) is 12.1 Å². The Morgan fingerprint density at radius 2 is 2.08 bits per heavy atom. The second-order valence-electron chi connectivity index (χ2n) is 7.60. The van der Waals surface area contributed by atoms with Crippen LogP contribution < -0.4 is 0 Å². The van der Waals surface area contributed by atoms with Crippen molar-refractivity contribution in [3.63, 3.8) is 0 Å². The van der Waals surface area contributed by atoms with Crippen LogP contribution in [0.1, 0.15) is 42.8 Å². The smallest absolute Gasteiger partial charge is 0.173 e. The Bertz CT molecular complexity index is 807. The molecule has 2 aromatic rings. The van der Waals surface area contributed by atoms with Crippen LogP contribution in [0.15, 0.2) is 18.2 Å². The first-order valence-corrected chi connectivity index (χ1v) is 9.73. The Morgan fingerprint density at radius 1 is 1.38 bits per heavy atom. The van der Waals surface area contributed by atoms with E-state index in [1.165, 1.54) is 24.2 Å². The Labute approximate surface area is 150 Å². The largest absolute Gasteiger partial charge is 0.298 e. The first-order chi connectivity index (χ1) is 11.4. The Balaban J connectivity index is 1.61. The minimum Gasteiger partial charge on any atom is -0.298 e. The molecular formula is C19H21ClFNOS. The molecule has 0 N–H and O–H groups in total. The molecule has 0 amide bonds. The van der Waals surface area contributed by atoms with Gasteiger partial charge in [-0.05, 0) is 69.1 Å². The Kier molecular flexibility index (Phi) is 3.98. The number of fused-ring (bicyclic) bond motifs is 4. The highest BCUT2D eigenvalue weighted by atomic mass is 35.5. The summed E-state index contributed by atoms with van der Waals surface area (Å²) in [7, 11) is 0. The van der Waals surface area contributed by atoms with E-state index in [2.05, 4.69) is 18.7 Å². The molecule has 3 aliphatic heterocycles. The third-order valence-electron chi connectivity index (χ3n) is 6.09. The maximum absolute atomic E-state index is 14.1. The predicted octanol–water partition coefficient (Wildman–Crippen LogP) is 5.39. The molecule has 24 heavy (non-hydrogen) atoms. The highest BCUT2D eigenvalue weighted by Crippen LogP contribution is 2.46. The molecule has 0 spiro atoms. The van der Waals surface area contributed by atoms with Crippen molar-refractivity contribution in [2.45, 2.75) is 38.6 Å². The minimum atomic E-state index is -0.415. The van der Waals surface area contributed by atoms with Crippen molar-refractivity contribution < 1.29 is 9.18 Å². The van der Waals surface area contributed by atoms with Gasteiger partial charge in [-0.3, -0.25) is 9.69 Å². The van der Waals surface area contributed by atoms with Gasteiger partial charge in [0.1, 0.15) is 0 Å². The quantitative estimate of drug-likeness (QED) is 0.680. The highest BCUT2D eigenvalue weighted by molar-refractivity contribution is 7.20. The lowest BCUT2D eigenvalue weighted by molar-refractivity contribution is -0.0643. The summed E-state index contributed by atoms with van der Waals surface area (Å²) in [4.78, 5) is 16.1. The molecule has 3 saturated heterocycles. The van der Waals surface area contributed by atoms with E-state index in [-0.39, 0.29) is 16.3 Å². The fourth-order valence-electron chi connectivity index (χ4n) is 4.59. The van der Waals surface area contributed by atoms with Gasteiger partial charge in [-0.1, -0.05) is 17.7 Å². The number of benzene rings is 1. The van der Waals surface area contributed by atoms with E-state index in [0.29, 0.717) is 27.8 Å². The van der Waals surface area contributed by atoms with Crippen molar-refractivity contribution >= 4 is 38.8 Å². The SMILES string of the molecule is CC1(C)[C@H](CC(=O)c2cc3ccc(Cl)c(F)c3s2)C2CCN1CC2. The van der Waals surface area contributed by atoms with E-state index in [9.17, 15) is 9.18 Å². The van der Waals surface area contributed by atoms with E-state index in [0.717, 1.165) is 18.5 Å². The van der Waals surface area contributed by atoms with Crippen molar-refractivity contribution in [2.75, 3.05) is 13.1 Å². The van der Waals surface area contributed by atoms with Crippen molar-refractivity contribution in [3.05, 3.63) is 33.9 Å². The molecule has 5 rings (SSSR count). The molecule has 0 radical (unpaired) electrons. The van der Waals surface area contributed by atoms with Crippen molar-refractivity contribution in [3.8, 4) is 0 Å². The van der Waals surface area contributed by atoms with Crippen LogP contribution in [0, 0.1) is 17.7 Å². The zero-order valence-corrected chi connectivity index (χ0v) is 15.5. The average molecular weight is 366 g/mol. The molecule has 4 heterocycles. The van der Waals surface area contributed by atoms with E-state index >= 15 is 0 Å². The molecule has 0 saturated carbocycles. The standard InChI is InChI=1S/C19H21ClFNOS/c1-19(2)13(11-5-7-22(19)8-6-11)10-15(23)16-9-12-3-4-14(20)17(21)18(12)24-16/h3-4,9,11,13H,5-8,10H2,1-2H3/t13-/m1/s1. The molecule has 3 aliphatic rings. The normalized spacial score (nSPS) is 28.4. The van der Waals surface area contributed by atoms with Gasteiger partial charge in [-0.15, -0.1) is 11.3 Å². The molecule has 0 unspecified atom stereocenters. The number of hydrogen-bond donors (Lipinski definition) is 0. The van der Waals surface area contributed by atoms with Crippen LogP contribution in [0.25, 0.3) is 10.1 Å². The van der Waals surface area contributed by atoms with Crippen LogP contribution in [-0.4, -0.2) is 29.3 Å². The number of halogens is 2. The third-order valence-corrected chi connectivity index (χ3v) is 7.57. The molecule has 1 aromatic carbocycles. The molecule has 3 fully saturated rings. The maximum atomic E-state index is 14.1. The van der Waals surface area contributed by atoms with Gasteiger partial charge >= 0.3 is 0 Å². The number of carbonyl (C=O) groups excluding carboxylic acids is 1. The van der Waals surface area contributed by atoms with Gasteiger partial charge in [0, 0.05) is 12.0 Å². The summed E-state index contributed by atoms with van der Waals surface area (Å²) in [5, 5.41) is 0.875. The summed E-state index contributed by atoms with van der Waals surface area (Å²) in [6, 6.07) is 5.15. The first-order valence-electron chi connectivity index (χ1n) is 8.53. The number of carbonyl (C=O) groups is 1. The number of nitrogens with zero attached hydrogens (tertiary/aromatic N) is 1. The Morgan fingerprint density at radius 3 is 2.75 bits per heavy atom. The molecule has 2 bridgehead atoms. The van der Waals surface area contributed by atoms with Crippen LogP contribution in [0.2, 0.25) is 5.02 Å². The van der Waals surface area contributed by atoms with Gasteiger partial charge < -0.3 is 0 Å². The molecule has 2 nitrogen and oxygen atoms in total. The summed E-state index contributed by atoms with van der Waals surface area (Å²) in [6.07, 6.45) is 2.94. The van der Waals surface area contributed by atoms with Crippen LogP contribution in [0.3, 0.4) is 0 Å². The van der Waals surface area contributed by atoms with Gasteiger partial charge in [0.25, 0.3) is 0 Å². The number of hydrogen-bond acceptors (Lipinski definition) is 3. The monoisotopic (exact) mass is 365 g/mol. The van der Waals surface area contributed by atoms with Crippen molar-refractivity contribution in [1.82, 2.24) is 4.90 Å². The number of thiophene rings is 1. The van der Waals surface area contributed by atoms with Gasteiger partial charge in [-0.2, -0.15) is 0 Å². The molecular weight excluding hydrogens is 345 g/mol. The molecule has 1 atom stereocenters. The maximum Gasteiger partial charge on any atom is 0.173 e. The topological polar surface area (TPSA) is 20.3 Å². The van der Waals surface area contributed by atoms with Gasteiger partial charge in [0.05, 0.1) is 14.6 Å². The number of rotatable bonds is 3. The lowest BCUT2D eigenvalue weighted by Gasteiger charge is -2.56. The van der Waals surface area contributed by atoms with Gasteiger partial charge in [-0.25, -0.2) is 4.39 Å². The van der Waals surface area contributed by atoms with Crippen LogP contribution >= 0.6 is 22.9 Å². The minimum absolute atomic E-state index is 0.0715. The number of ketones is 1. The lowest BCUT2D eigenvalue weighted by atomic mass is 9.65. The zero-order chi connectivity index (χ0) is 17.1. The van der Waals surface area contributed by atoms with Gasteiger partial charge in [0.2, 0.25) is 0 Å². The average Bonchev–Trinajstić information content (AvgIpc) is 3.00. The summed E-state index contributed by atoms with van der Waals surface area (Å²) in [6.45, 7) is 6.82. The molecule has 128 valence electrons. The predicted molar refractivity (Wildman–Crippen MR) is 97.6 cm³/mol. The number of Topliss-reactive ketones (excluding diaryl/α,β-unsaturated/α-hetero) is 1. The van der Waals surface area contributed by atoms with Gasteiger partial charge in [0.15, 0.2) is 11.6 Å². The third kappa shape index (κ3) is 2.51. The zero-order valence-electron chi connectivity index (χ0n) is 13.9. The van der Waals surface area contributed by atoms with E-state index < -0.39 is 5.82 Å². The van der Waals surface area contributed by atoms with Crippen LogP contribution in [-0.2, 0) is 0 Å². The van der Waals surface area contributed by atoms with E-state index in [1.807, 2.05) is 6.07 Å². The fraction of sp³-hybridized carbons (Fsp3) is 0.526.